The second kappa shape index (κ2) is 8.88. The molecule has 4 rings (SSSR count). The van der Waals surface area contributed by atoms with Gasteiger partial charge in [-0.2, -0.15) is 5.10 Å². The summed E-state index contributed by atoms with van der Waals surface area (Å²) in [4.78, 5) is 22.2. The number of halogens is 1. The van der Waals surface area contributed by atoms with Gasteiger partial charge >= 0.3 is 6.09 Å². The van der Waals surface area contributed by atoms with Crippen molar-refractivity contribution in [3.63, 3.8) is 0 Å². The number of amides is 1. The molecule has 3 aromatic rings. The predicted molar refractivity (Wildman–Crippen MR) is 135 cm³/mol. The first-order valence-electron chi connectivity index (χ1n) is 11.2. The maximum Gasteiger partial charge on any atom is 0.410 e. The Labute approximate surface area is 203 Å². The second-order valence-corrected chi connectivity index (χ2v) is 17.2. The number of hydrogen-bond donors (Lipinski definition) is 1. The number of carbonyl (C=O) groups excluding carboxylic acids is 1. The van der Waals surface area contributed by atoms with Gasteiger partial charge in [-0.25, -0.2) is 14.5 Å². The Morgan fingerprint density at radius 2 is 2.00 bits per heavy atom. The van der Waals surface area contributed by atoms with Crippen molar-refractivity contribution < 1.29 is 14.3 Å². The van der Waals surface area contributed by atoms with Gasteiger partial charge in [0, 0.05) is 24.5 Å². The molecule has 2 aromatic heterocycles. The van der Waals surface area contributed by atoms with Crippen LogP contribution in [0, 0.1) is 0 Å². The van der Waals surface area contributed by atoms with Crippen molar-refractivity contribution in [1.29, 1.82) is 0 Å². The summed E-state index contributed by atoms with van der Waals surface area (Å²) in [7, 11) is -1.15. The monoisotopic (exact) mass is 533 g/mol. The van der Waals surface area contributed by atoms with Crippen LogP contribution < -0.4 is 0 Å². The zero-order valence-electron chi connectivity index (χ0n) is 20.2. The van der Waals surface area contributed by atoms with E-state index in [-0.39, 0.29) is 6.09 Å². The van der Waals surface area contributed by atoms with Crippen molar-refractivity contribution in [2.75, 3.05) is 6.61 Å². The van der Waals surface area contributed by atoms with Gasteiger partial charge in [-0.1, -0.05) is 35.6 Å². The number of carbonyl (C=O) groups is 1. The number of imidazole rings is 1. The highest BCUT2D eigenvalue weighted by Crippen LogP contribution is 2.31. The molecule has 0 unspecified atom stereocenters. The van der Waals surface area contributed by atoms with E-state index in [1.165, 1.54) is 0 Å². The van der Waals surface area contributed by atoms with Gasteiger partial charge in [-0.3, -0.25) is 4.90 Å². The fraction of sp³-hybridized carbons (Fsp3) is 0.522. The molecular formula is C23H32BrN5O3Si. The molecule has 0 saturated carbocycles. The Bertz CT molecular complexity index is 1150. The van der Waals surface area contributed by atoms with Gasteiger partial charge in [0.05, 0.1) is 30.0 Å². The summed E-state index contributed by atoms with van der Waals surface area (Å²) in [5, 5.41) is 5.84. The fourth-order valence-electron chi connectivity index (χ4n) is 3.65. The van der Waals surface area contributed by atoms with Crippen LogP contribution in [0.3, 0.4) is 0 Å². The van der Waals surface area contributed by atoms with Gasteiger partial charge in [-0.15, -0.1) is 0 Å². The van der Waals surface area contributed by atoms with Crippen molar-refractivity contribution in [3.05, 3.63) is 34.1 Å². The average Bonchev–Trinajstić information content (AvgIpc) is 3.34. The molecule has 178 valence electrons. The molecule has 10 heteroatoms. The summed E-state index contributed by atoms with van der Waals surface area (Å²) in [5.74, 6) is 0.706. The predicted octanol–water partition coefficient (Wildman–Crippen LogP) is 5.75. The van der Waals surface area contributed by atoms with Crippen LogP contribution in [0.1, 0.15) is 32.2 Å². The maximum absolute atomic E-state index is 12.4. The van der Waals surface area contributed by atoms with Crippen molar-refractivity contribution in [1.82, 2.24) is 24.6 Å². The van der Waals surface area contributed by atoms with Crippen LogP contribution in [0.5, 0.6) is 0 Å². The lowest BCUT2D eigenvalue weighted by atomic mass is 10.2. The summed E-state index contributed by atoms with van der Waals surface area (Å²) in [6, 6.07) is 7.21. The van der Waals surface area contributed by atoms with E-state index in [1.54, 1.807) is 4.90 Å². The molecule has 8 nitrogen and oxygen atoms in total. The molecule has 0 radical (unpaired) electrons. The highest BCUT2D eigenvalue weighted by atomic mass is 79.9. The van der Waals surface area contributed by atoms with E-state index in [0.29, 0.717) is 25.6 Å². The SMILES string of the molecule is CC(C)(C)OC(=O)N1Cc2nc(-c3nn(COCC[Si](C)(C)C)c4cc(Br)ccc34)[nH]c2C1. The molecule has 1 aliphatic heterocycles. The van der Waals surface area contributed by atoms with Crippen LogP contribution in [0.15, 0.2) is 22.7 Å². The third-order valence-corrected chi connectivity index (χ3v) is 7.55. The van der Waals surface area contributed by atoms with Gasteiger partial charge < -0.3 is 14.5 Å². The first-order valence-corrected chi connectivity index (χ1v) is 15.7. The van der Waals surface area contributed by atoms with Gasteiger partial charge in [0.25, 0.3) is 0 Å². The quantitative estimate of drug-likeness (QED) is 0.322. The van der Waals surface area contributed by atoms with Crippen molar-refractivity contribution in [2.45, 2.75) is 71.9 Å². The number of fused-ring (bicyclic) bond motifs is 2. The third kappa shape index (κ3) is 5.67. The Balaban J connectivity index is 1.54. The molecule has 1 aliphatic rings. The molecule has 33 heavy (non-hydrogen) atoms. The number of hydrogen-bond acceptors (Lipinski definition) is 5. The molecule has 1 N–H and O–H groups in total. The normalized spacial score (nSPS) is 14.2. The lowest BCUT2D eigenvalue weighted by Gasteiger charge is -2.24. The number of H-pyrrole nitrogens is 1. The number of ether oxygens (including phenoxy) is 2. The fourth-order valence-corrected chi connectivity index (χ4v) is 4.76. The molecule has 0 spiro atoms. The molecule has 0 bridgehead atoms. The Kier molecular flexibility index (Phi) is 6.45. The van der Waals surface area contributed by atoms with Crippen LogP contribution in [0.25, 0.3) is 22.4 Å². The zero-order chi connectivity index (χ0) is 24.0. The van der Waals surface area contributed by atoms with Crippen LogP contribution in [0.2, 0.25) is 25.7 Å². The topological polar surface area (TPSA) is 85.3 Å². The summed E-state index contributed by atoms with van der Waals surface area (Å²) in [6.45, 7) is 14.6. The van der Waals surface area contributed by atoms with Gasteiger partial charge in [0.1, 0.15) is 18.0 Å². The van der Waals surface area contributed by atoms with Crippen molar-refractivity contribution >= 4 is 41.0 Å². The molecule has 1 aromatic carbocycles. The first-order chi connectivity index (χ1) is 15.4. The number of nitrogens with zero attached hydrogens (tertiary/aromatic N) is 4. The summed E-state index contributed by atoms with van der Waals surface area (Å²) >= 11 is 3.57. The summed E-state index contributed by atoms with van der Waals surface area (Å²) in [5.41, 5.74) is 3.01. The zero-order valence-corrected chi connectivity index (χ0v) is 22.7. The lowest BCUT2D eigenvalue weighted by Crippen LogP contribution is -2.33. The average molecular weight is 535 g/mol. The second-order valence-electron chi connectivity index (χ2n) is 10.7. The van der Waals surface area contributed by atoms with E-state index >= 15 is 0 Å². The van der Waals surface area contributed by atoms with Gasteiger partial charge in [-0.05, 0) is 45.0 Å². The number of aromatic nitrogens is 4. The first kappa shape index (κ1) is 24.0. The van der Waals surface area contributed by atoms with Crippen LogP contribution in [-0.4, -0.2) is 51.0 Å². The Hall–Kier alpha value is -2.17. The highest BCUT2D eigenvalue weighted by Gasteiger charge is 2.31. The van der Waals surface area contributed by atoms with E-state index in [9.17, 15) is 4.79 Å². The van der Waals surface area contributed by atoms with Crippen LogP contribution in [0.4, 0.5) is 4.79 Å². The van der Waals surface area contributed by atoms with Gasteiger partial charge in [0.2, 0.25) is 0 Å². The third-order valence-electron chi connectivity index (χ3n) is 5.35. The lowest BCUT2D eigenvalue weighted by molar-refractivity contribution is 0.0239. The highest BCUT2D eigenvalue weighted by molar-refractivity contribution is 9.10. The van der Waals surface area contributed by atoms with E-state index < -0.39 is 13.7 Å². The molecule has 0 aliphatic carbocycles. The van der Waals surface area contributed by atoms with E-state index in [4.69, 9.17) is 19.6 Å². The standard InChI is InChI=1S/C23H32BrN5O3Si/c1-23(2,3)32-22(30)28-12-17-18(13-28)26-21(25-17)20-16-8-7-15(24)11-19(16)29(27-20)14-31-9-10-33(4,5)6/h7-8,11H,9-10,12-14H2,1-6H3,(H,25,26). The molecule has 0 fully saturated rings. The number of benzene rings is 1. The van der Waals surface area contributed by atoms with E-state index in [0.717, 1.165) is 45.1 Å². The molecule has 1 amide bonds. The van der Waals surface area contributed by atoms with E-state index in [1.807, 2.05) is 37.6 Å². The summed E-state index contributed by atoms with van der Waals surface area (Å²) in [6.07, 6.45) is -0.328. The minimum absolute atomic E-state index is 0.328. The van der Waals surface area contributed by atoms with Crippen molar-refractivity contribution in [2.24, 2.45) is 0 Å². The van der Waals surface area contributed by atoms with E-state index in [2.05, 4.69) is 46.6 Å². The van der Waals surface area contributed by atoms with Crippen molar-refractivity contribution in [3.8, 4) is 11.5 Å². The molecular weight excluding hydrogens is 502 g/mol. The Morgan fingerprint density at radius 3 is 2.67 bits per heavy atom. The maximum atomic E-state index is 12.4. The van der Waals surface area contributed by atoms with Gasteiger partial charge in [0.15, 0.2) is 5.82 Å². The molecule has 0 saturated heterocycles. The molecule has 0 atom stereocenters. The summed E-state index contributed by atoms with van der Waals surface area (Å²) < 4.78 is 14.3. The van der Waals surface area contributed by atoms with Crippen LogP contribution in [-0.2, 0) is 29.3 Å². The number of nitrogens with one attached hydrogen (secondary N) is 1. The number of rotatable bonds is 6. The minimum Gasteiger partial charge on any atom is -0.444 e. The largest absolute Gasteiger partial charge is 0.444 e. The Morgan fingerprint density at radius 1 is 1.24 bits per heavy atom. The smallest absolute Gasteiger partial charge is 0.410 e. The minimum atomic E-state index is -1.15. The number of aromatic amines is 1. The van der Waals surface area contributed by atoms with Crippen LogP contribution >= 0.6 is 15.9 Å². The molecule has 3 heterocycles.